The number of anilines is 1. The molecule has 3 rings (SSSR count). The molecule has 18 heavy (non-hydrogen) atoms. The quantitative estimate of drug-likeness (QED) is 0.562. The van der Waals surface area contributed by atoms with Crippen LogP contribution in [0.2, 0.25) is 0 Å². The number of nitrogens with zero attached hydrogens (tertiary/aromatic N) is 1. The second-order valence-corrected chi connectivity index (χ2v) is 6.47. The van der Waals surface area contributed by atoms with Crippen LogP contribution in [0.15, 0.2) is 43.8 Å². The van der Waals surface area contributed by atoms with Crippen LogP contribution in [0.4, 0.5) is 5.69 Å². The maximum absolute atomic E-state index is 5.71. The smallest absolute Gasteiger partial charge is 0.257 e. The fourth-order valence-corrected chi connectivity index (χ4v) is 4.17. The predicted octanol–water partition coefficient (Wildman–Crippen LogP) is 4.53. The lowest BCUT2D eigenvalue weighted by Gasteiger charge is -1.94. The summed E-state index contributed by atoms with van der Waals surface area (Å²) in [7, 11) is 0. The van der Waals surface area contributed by atoms with Gasteiger partial charge in [0.2, 0.25) is 0 Å². The Balaban J connectivity index is 1.81. The van der Waals surface area contributed by atoms with Crippen LogP contribution in [0.1, 0.15) is 4.88 Å². The van der Waals surface area contributed by atoms with Crippen molar-refractivity contribution in [3.8, 4) is 0 Å². The second-order valence-electron chi connectivity index (χ2n) is 3.69. The molecule has 0 saturated heterocycles. The number of halogens is 1. The van der Waals surface area contributed by atoms with Crippen LogP contribution in [-0.2, 0) is 5.75 Å². The molecular formula is C12H9BrN2OS2. The Morgan fingerprint density at radius 3 is 3.06 bits per heavy atom. The molecule has 0 unspecified atom stereocenters. The summed E-state index contributed by atoms with van der Waals surface area (Å²) in [6.07, 6.45) is 0. The van der Waals surface area contributed by atoms with Gasteiger partial charge in [0.05, 0.1) is 0 Å². The molecule has 0 aliphatic carbocycles. The molecule has 92 valence electrons. The highest BCUT2D eigenvalue weighted by Gasteiger charge is 2.08. The van der Waals surface area contributed by atoms with Crippen molar-refractivity contribution in [1.82, 2.24) is 4.98 Å². The third-order valence-corrected chi connectivity index (χ3v) is 5.37. The van der Waals surface area contributed by atoms with Crippen LogP contribution in [-0.4, -0.2) is 4.98 Å². The largest absolute Gasteiger partial charge is 0.431 e. The zero-order valence-electron chi connectivity index (χ0n) is 9.22. The van der Waals surface area contributed by atoms with Gasteiger partial charge in [-0.2, -0.15) is 0 Å². The Labute approximate surface area is 121 Å². The van der Waals surface area contributed by atoms with Gasteiger partial charge in [-0.15, -0.1) is 11.3 Å². The fraction of sp³-hybridized carbons (Fsp3) is 0.0833. The summed E-state index contributed by atoms with van der Waals surface area (Å²) in [5, 5.41) is 2.74. The minimum absolute atomic E-state index is 0.677. The van der Waals surface area contributed by atoms with E-state index in [1.807, 2.05) is 24.3 Å². The molecule has 1 aromatic carbocycles. The van der Waals surface area contributed by atoms with E-state index >= 15 is 0 Å². The monoisotopic (exact) mass is 340 g/mol. The van der Waals surface area contributed by atoms with Gasteiger partial charge < -0.3 is 10.2 Å². The van der Waals surface area contributed by atoms with Gasteiger partial charge in [0.15, 0.2) is 5.58 Å². The molecule has 0 aliphatic rings. The Hall–Kier alpha value is -0.980. The topological polar surface area (TPSA) is 52.0 Å². The van der Waals surface area contributed by atoms with Gasteiger partial charge in [0.1, 0.15) is 5.52 Å². The van der Waals surface area contributed by atoms with E-state index in [9.17, 15) is 0 Å². The zero-order valence-corrected chi connectivity index (χ0v) is 12.4. The number of thiophene rings is 1. The summed E-state index contributed by atoms with van der Waals surface area (Å²) in [5.74, 6) is 0.848. The van der Waals surface area contributed by atoms with Crippen LogP contribution < -0.4 is 5.73 Å². The average molecular weight is 341 g/mol. The molecule has 0 amide bonds. The van der Waals surface area contributed by atoms with Gasteiger partial charge in [0, 0.05) is 20.8 Å². The van der Waals surface area contributed by atoms with Crippen molar-refractivity contribution >= 4 is 55.8 Å². The van der Waals surface area contributed by atoms with Gasteiger partial charge in [0.25, 0.3) is 5.22 Å². The number of hydrogen-bond acceptors (Lipinski definition) is 5. The first-order valence-corrected chi connectivity index (χ1v) is 7.89. The highest BCUT2D eigenvalue weighted by atomic mass is 79.9. The Bertz CT molecular complexity index is 692. The van der Waals surface area contributed by atoms with E-state index < -0.39 is 0 Å². The van der Waals surface area contributed by atoms with Gasteiger partial charge in [-0.1, -0.05) is 11.8 Å². The summed E-state index contributed by atoms with van der Waals surface area (Å²) in [5.41, 5.74) is 8.00. The lowest BCUT2D eigenvalue weighted by Crippen LogP contribution is -1.82. The Morgan fingerprint density at radius 2 is 2.28 bits per heavy atom. The third kappa shape index (κ3) is 2.41. The number of thioether (sulfide) groups is 1. The third-order valence-electron chi connectivity index (χ3n) is 2.41. The SMILES string of the molecule is Nc1ccc2oc(SCc3sccc3Br)nc2c1. The van der Waals surface area contributed by atoms with Gasteiger partial charge in [-0.3, -0.25) is 0 Å². The van der Waals surface area contributed by atoms with Crippen molar-refractivity contribution in [3.05, 3.63) is 39.0 Å². The average Bonchev–Trinajstić information content (AvgIpc) is 2.92. The molecule has 0 fully saturated rings. The van der Waals surface area contributed by atoms with Crippen molar-refractivity contribution in [2.75, 3.05) is 5.73 Å². The maximum Gasteiger partial charge on any atom is 0.257 e. The summed E-state index contributed by atoms with van der Waals surface area (Å²) < 4.78 is 6.79. The molecule has 0 bridgehead atoms. The first kappa shape index (κ1) is 12.1. The number of aromatic nitrogens is 1. The molecule has 0 spiro atoms. The summed E-state index contributed by atoms with van der Waals surface area (Å²) in [4.78, 5) is 5.69. The number of benzene rings is 1. The van der Waals surface area contributed by atoms with Crippen molar-refractivity contribution in [3.63, 3.8) is 0 Å². The maximum atomic E-state index is 5.71. The number of fused-ring (bicyclic) bond motifs is 1. The van der Waals surface area contributed by atoms with E-state index in [2.05, 4.69) is 26.3 Å². The molecule has 2 heterocycles. The molecule has 3 nitrogen and oxygen atoms in total. The molecule has 6 heteroatoms. The molecule has 0 radical (unpaired) electrons. The summed E-state index contributed by atoms with van der Waals surface area (Å²) >= 11 is 6.82. The van der Waals surface area contributed by atoms with Gasteiger partial charge >= 0.3 is 0 Å². The van der Waals surface area contributed by atoms with Crippen LogP contribution in [0.5, 0.6) is 0 Å². The molecule has 2 N–H and O–H groups in total. The number of hydrogen-bond donors (Lipinski definition) is 1. The standard InChI is InChI=1S/C12H9BrN2OS2/c13-8-3-4-17-11(8)6-18-12-15-9-5-7(14)1-2-10(9)16-12/h1-5H,6,14H2. The zero-order chi connectivity index (χ0) is 12.5. The highest BCUT2D eigenvalue weighted by Crippen LogP contribution is 2.31. The van der Waals surface area contributed by atoms with E-state index in [1.54, 1.807) is 23.1 Å². The number of rotatable bonds is 3. The van der Waals surface area contributed by atoms with E-state index in [0.29, 0.717) is 10.9 Å². The minimum atomic E-state index is 0.677. The lowest BCUT2D eigenvalue weighted by molar-refractivity contribution is 0.489. The lowest BCUT2D eigenvalue weighted by atomic mass is 10.3. The van der Waals surface area contributed by atoms with Crippen LogP contribution in [0, 0.1) is 0 Å². The first-order valence-electron chi connectivity index (χ1n) is 5.23. The second kappa shape index (κ2) is 4.95. The molecule has 0 aliphatic heterocycles. The van der Waals surface area contributed by atoms with Crippen LogP contribution >= 0.6 is 39.0 Å². The van der Waals surface area contributed by atoms with Crippen LogP contribution in [0.25, 0.3) is 11.1 Å². The van der Waals surface area contributed by atoms with Crippen molar-refractivity contribution in [1.29, 1.82) is 0 Å². The minimum Gasteiger partial charge on any atom is -0.431 e. The highest BCUT2D eigenvalue weighted by molar-refractivity contribution is 9.10. The van der Waals surface area contributed by atoms with E-state index in [-0.39, 0.29) is 0 Å². The van der Waals surface area contributed by atoms with E-state index in [4.69, 9.17) is 10.2 Å². The van der Waals surface area contributed by atoms with E-state index in [1.165, 1.54) is 4.88 Å². The van der Waals surface area contributed by atoms with Crippen LogP contribution in [0.3, 0.4) is 0 Å². The fourth-order valence-electron chi connectivity index (χ4n) is 1.54. The van der Waals surface area contributed by atoms with Gasteiger partial charge in [-0.05, 0) is 45.6 Å². The molecular weight excluding hydrogens is 332 g/mol. The van der Waals surface area contributed by atoms with Crippen molar-refractivity contribution in [2.45, 2.75) is 11.0 Å². The molecule has 2 aromatic heterocycles. The normalized spacial score (nSPS) is 11.2. The molecule has 0 saturated carbocycles. The number of nitrogens with two attached hydrogens (primary N) is 1. The van der Waals surface area contributed by atoms with Gasteiger partial charge in [-0.25, -0.2) is 4.98 Å². The van der Waals surface area contributed by atoms with E-state index in [0.717, 1.165) is 21.3 Å². The predicted molar refractivity (Wildman–Crippen MR) is 80.0 cm³/mol. The van der Waals surface area contributed by atoms with Crippen molar-refractivity contribution in [2.24, 2.45) is 0 Å². The Kier molecular flexibility index (Phi) is 3.32. The Morgan fingerprint density at radius 1 is 1.39 bits per heavy atom. The first-order chi connectivity index (χ1) is 8.72. The number of nitrogen functional groups attached to an aromatic ring is 1. The summed E-state index contributed by atoms with van der Waals surface area (Å²) in [6, 6.07) is 7.54. The summed E-state index contributed by atoms with van der Waals surface area (Å²) in [6.45, 7) is 0. The molecule has 0 atom stereocenters. The number of oxazole rings is 1. The van der Waals surface area contributed by atoms with Crippen molar-refractivity contribution < 1.29 is 4.42 Å². The molecule has 3 aromatic rings.